The van der Waals surface area contributed by atoms with Crippen molar-refractivity contribution in [1.29, 1.82) is 0 Å². The molecule has 1 unspecified atom stereocenters. The number of aliphatic hydroxyl groups is 1. The van der Waals surface area contributed by atoms with Gasteiger partial charge < -0.3 is 19.5 Å². The number of morpholine rings is 1. The molecule has 0 spiro atoms. The fourth-order valence-electron chi connectivity index (χ4n) is 3.69. The molecule has 0 aliphatic carbocycles. The van der Waals surface area contributed by atoms with Crippen LogP contribution in [0.5, 0.6) is 0 Å². The molecule has 1 atom stereocenters. The molecule has 0 aromatic carbocycles. The standard InChI is InChI=1S/C15H28N2O3/c18-11-15(12-20-13-15)10-17-3-1-2-14(9-17)8-16-4-6-19-7-5-16/h14,18H,1-13H2. The minimum atomic E-state index is 0.0286. The summed E-state index contributed by atoms with van der Waals surface area (Å²) >= 11 is 0. The summed E-state index contributed by atoms with van der Waals surface area (Å²) in [6, 6.07) is 0. The first-order chi connectivity index (χ1) is 9.80. The van der Waals surface area contributed by atoms with Gasteiger partial charge in [0.15, 0.2) is 0 Å². The van der Waals surface area contributed by atoms with Crippen molar-refractivity contribution in [2.75, 3.05) is 72.3 Å². The molecule has 5 nitrogen and oxygen atoms in total. The summed E-state index contributed by atoms with van der Waals surface area (Å²) in [5, 5.41) is 9.57. The molecule has 0 saturated carbocycles. The molecule has 0 amide bonds. The number of rotatable bonds is 5. The van der Waals surface area contributed by atoms with Gasteiger partial charge >= 0.3 is 0 Å². The molecule has 3 heterocycles. The van der Waals surface area contributed by atoms with Gasteiger partial charge in [0.25, 0.3) is 0 Å². The molecule has 3 rings (SSSR count). The lowest BCUT2D eigenvalue weighted by atomic mass is 9.85. The highest BCUT2D eigenvalue weighted by molar-refractivity contribution is 4.90. The van der Waals surface area contributed by atoms with Gasteiger partial charge in [0.05, 0.1) is 38.4 Å². The van der Waals surface area contributed by atoms with Crippen LogP contribution in [0.25, 0.3) is 0 Å². The number of ether oxygens (including phenoxy) is 2. The Morgan fingerprint density at radius 1 is 1.05 bits per heavy atom. The smallest absolute Gasteiger partial charge is 0.0594 e. The van der Waals surface area contributed by atoms with Crippen molar-refractivity contribution >= 4 is 0 Å². The normalized spacial score (nSPS) is 31.9. The van der Waals surface area contributed by atoms with Gasteiger partial charge in [-0.15, -0.1) is 0 Å². The van der Waals surface area contributed by atoms with Gasteiger partial charge in [-0.25, -0.2) is 0 Å². The lowest BCUT2D eigenvalue weighted by molar-refractivity contribution is -0.151. The molecule has 3 aliphatic rings. The Kier molecular flexibility index (Phi) is 4.94. The molecule has 3 saturated heterocycles. The van der Waals surface area contributed by atoms with Crippen molar-refractivity contribution in [2.24, 2.45) is 11.3 Å². The van der Waals surface area contributed by atoms with E-state index in [1.165, 1.54) is 32.5 Å². The van der Waals surface area contributed by atoms with E-state index in [0.29, 0.717) is 0 Å². The van der Waals surface area contributed by atoms with Crippen molar-refractivity contribution in [1.82, 2.24) is 9.80 Å². The van der Waals surface area contributed by atoms with E-state index in [4.69, 9.17) is 9.47 Å². The maximum absolute atomic E-state index is 9.57. The van der Waals surface area contributed by atoms with Crippen LogP contribution in [-0.4, -0.2) is 87.2 Å². The number of aliphatic hydroxyl groups excluding tert-OH is 1. The van der Waals surface area contributed by atoms with Gasteiger partial charge in [-0.3, -0.25) is 4.90 Å². The van der Waals surface area contributed by atoms with Gasteiger partial charge in [0.2, 0.25) is 0 Å². The predicted octanol–water partition coefficient (Wildman–Crippen LogP) is 0.0395. The summed E-state index contributed by atoms with van der Waals surface area (Å²) in [5.41, 5.74) is 0.0286. The molecule has 0 bridgehead atoms. The van der Waals surface area contributed by atoms with Gasteiger partial charge in [-0.2, -0.15) is 0 Å². The third-order valence-electron chi connectivity index (χ3n) is 4.93. The Bertz CT molecular complexity index is 298. The zero-order valence-corrected chi connectivity index (χ0v) is 12.4. The minimum Gasteiger partial charge on any atom is -0.396 e. The van der Waals surface area contributed by atoms with Crippen molar-refractivity contribution in [3.63, 3.8) is 0 Å². The quantitative estimate of drug-likeness (QED) is 0.772. The Balaban J connectivity index is 1.46. The zero-order chi connectivity index (χ0) is 13.8. The Labute approximate surface area is 121 Å². The second-order valence-corrected chi connectivity index (χ2v) is 6.81. The van der Waals surface area contributed by atoms with Crippen LogP contribution in [0.15, 0.2) is 0 Å². The van der Waals surface area contributed by atoms with Crippen LogP contribution in [0.4, 0.5) is 0 Å². The third kappa shape index (κ3) is 3.52. The maximum Gasteiger partial charge on any atom is 0.0594 e. The first kappa shape index (κ1) is 14.7. The average Bonchev–Trinajstić information content (AvgIpc) is 2.44. The van der Waals surface area contributed by atoms with Crippen molar-refractivity contribution in [2.45, 2.75) is 12.8 Å². The second-order valence-electron chi connectivity index (χ2n) is 6.81. The Hall–Kier alpha value is -0.200. The Morgan fingerprint density at radius 2 is 1.85 bits per heavy atom. The summed E-state index contributed by atoms with van der Waals surface area (Å²) in [4.78, 5) is 5.10. The molecular formula is C15H28N2O3. The topological polar surface area (TPSA) is 45.2 Å². The van der Waals surface area contributed by atoms with E-state index in [0.717, 1.165) is 52.0 Å². The highest BCUT2D eigenvalue weighted by Gasteiger charge is 2.40. The zero-order valence-electron chi connectivity index (χ0n) is 12.4. The molecule has 0 aromatic heterocycles. The molecule has 116 valence electrons. The van der Waals surface area contributed by atoms with E-state index in [2.05, 4.69) is 9.80 Å². The van der Waals surface area contributed by atoms with Crippen molar-refractivity contribution in [3.05, 3.63) is 0 Å². The lowest BCUT2D eigenvalue weighted by Gasteiger charge is -2.45. The van der Waals surface area contributed by atoms with Crippen LogP contribution < -0.4 is 0 Å². The summed E-state index contributed by atoms with van der Waals surface area (Å²) in [6.45, 7) is 10.3. The van der Waals surface area contributed by atoms with E-state index in [9.17, 15) is 5.11 Å². The van der Waals surface area contributed by atoms with Crippen LogP contribution >= 0.6 is 0 Å². The highest BCUT2D eigenvalue weighted by atomic mass is 16.5. The van der Waals surface area contributed by atoms with Crippen molar-refractivity contribution < 1.29 is 14.6 Å². The van der Waals surface area contributed by atoms with Crippen LogP contribution in [-0.2, 0) is 9.47 Å². The molecule has 0 radical (unpaired) electrons. The molecular weight excluding hydrogens is 256 g/mol. The maximum atomic E-state index is 9.57. The summed E-state index contributed by atoms with van der Waals surface area (Å²) < 4.78 is 10.7. The summed E-state index contributed by atoms with van der Waals surface area (Å²) in [7, 11) is 0. The van der Waals surface area contributed by atoms with E-state index < -0.39 is 0 Å². The SMILES string of the molecule is OCC1(CN2CCCC(CN3CCOCC3)C2)COC1. The summed E-state index contributed by atoms with van der Waals surface area (Å²) in [5.74, 6) is 0.776. The first-order valence-electron chi connectivity index (χ1n) is 8.01. The van der Waals surface area contributed by atoms with Gasteiger partial charge in [-0.1, -0.05) is 0 Å². The first-order valence-corrected chi connectivity index (χ1v) is 8.01. The molecule has 20 heavy (non-hydrogen) atoms. The van der Waals surface area contributed by atoms with Gasteiger partial charge in [0, 0.05) is 32.7 Å². The summed E-state index contributed by atoms with van der Waals surface area (Å²) in [6.07, 6.45) is 2.63. The van der Waals surface area contributed by atoms with E-state index >= 15 is 0 Å². The van der Waals surface area contributed by atoms with Crippen LogP contribution in [0.3, 0.4) is 0 Å². The number of likely N-dealkylation sites (tertiary alicyclic amines) is 1. The second kappa shape index (κ2) is 6.71. The molecule has 1 N–H and O–H groups in total. The molecule has 3 fully saturated rings. The molecule has 0 aromatic rings. The molecule has 3 aliphatic heterocycles. The van der Waals surface area contributed by atoms with E-state index in [1.807, 2.05) is 0 Å². The fourth-order valence-corrected chi connectivity index (χ4v) is 3.69. The number of piperidine rings is 1. The van der Waals surface area contributed by atoms with Crippen LogP contribution in [0.1, 0.15) is 12.8 Å². The van der Waals surface area contributed by atoms with E-state index in [-0.39, 0.29) is 12.0 Å². The number of nitrogens with zero attached hydrogens (tertiary/aromatic N) is 2. The van der Waals surface area contributed by atoms with Crippen LogP contribution in [0, 0.1) is 11.3 Å². The predicted molar refractivity (Wildman–Crippen MR) is 76.8 cm³/mol. The monoisotopic (exact) mass is 284 g/mol. The Morgan fingerprint density at radius 3 is 2.50 bits per heavy atom. The van der Waals surface area contributed by atoms with Crippen molar-refractivity contribution in [3.8, 4) is 0 Å². The van der Waals surface area contributed by atoms with Gasteiger partial charge in [0.1, 0.15) is 0 Å². The highest BCUT2D eigenvalue weighted by Crippen LogP contribution is 2.30. The van der Waals surface area contributed by atoms with Crippen LogP contribution in [0.2, 0.25) is 0 Å². The largest absolute Gasteiger partial charge is 0.396 e. The fraction of sp³-hybridized carbons (Fsp3) is 1.00. The number of hydrogen-bond donors (Lipinski definition) is 1. The minimum absolute atomic E-state index is 0.0286. The average molecular weight is 284 g/mol. The van der Waals surface area contributed by atoms with E-state index in [1.54, 1.807) is 0 Å². The van der Waals surface area contributed by atoms with Gasteiger partial charge in [-0.05, 0) is 25.3 Å². The number of hydrogen-bond acceptors (Lipinski definition) is 5. The third-order valence-corrected chi connectivity index (χ3v) is 4.93. The lowest BCUT2D eigenvalue weighted by Crippen LogP contribution is -2.55. The molecule has 5 heteroatoms.